The van der Waals surface area contributed by atoms with Gasteiger partial charge in [-0.15, -0.1) is 0 Å². The molecule has 0 bridgehead atoms. The minimum absolute atomic E-state index is 0.261. The number of nitrogens with one attached hydrogen (secondary N) is 1. The number of hydrogen-bond donors (Lipinski definition) is 1. The predicted molar refractivity (Wildman–Crippen MR) is 90.0 cm³/mol. The topological polar surface area (TPSA) is 72.7 Å². The Kier molecular flexibility index (Phi) is 4.55. The van der Waals surface area contributed by atoms with Crippen molar-refractivity contribution in [3.05, 3.63) is 35.4 Å². The van der Waals surface area contributed by atoms with E-state index in [-0.39, 0.29) is 12.5 Å². The van der Waals surface area contributed by atoms with Crippen LogP contribution in [-0.2, 0) is 9.53 Å². The Morgan fingerprint density at radius 1 is 1.38 bits per heavy atom. The van der Waals surface area contributed by atoms with E-state index in [9.17, 15) is 9.59 Å². The molecule has 0 saturated heterocycles. The molecule has 0 aliphatic heterocycles. The van der Waals surface area contributed by atoms with E-state index in [0.717, 1.165) is 29.9 Å². The van der Waals surface area contributed by atoms with Crippen molar-refractivity contribution in [2.75, 3.05) is 13.2 Å². The van der Waals surface area contributed by atoms with Crippen molar-refractivity contribution < 1.29 is 14.3 Å². The molecule has 1 saturated carbocycles. The Labute approximate surface area is 141 Å². The fraction of sp³-hybridized carbons (Fsp3) is 0.500. The molecule has 2 aromatic heterocycles. The van der Waals surface area contributed by atoms with Crippen LogP contribution >= 0.6 is 0 Å². The smallest absolute Gasteiger partial charge is 0.340 e. The zero-order chi connectivity index (χ0) is 17.3. The Morgan fingerprint density at radius 2 is 2.12 bits per heavy atom. The number of carbonyl (C=O) groups excluding carboxylic acids is 2. The lowest BCUT2D eigenvalue weighted by Gasteiger charge is -2.11. The van der Waals surface area contributed by atoms with E-state index in [4.69, 9.17) is 4.74 Å². The maximum absolute atomic E-state index is 12.3. The van der Waals surface area contributed by atoms with Gasteiger partial charge in [-0.2, -0.15) is 0 Å². The second-order valence-corrected chi connectivity index (χ2v) is 6.76. The second kappa shape index (κ2) is 6.63. The number of rotatable bonds is 6. The van der Waals surface area contributed by atoms with Crippen LogP contribution in [0, 0.1) is 12.8 Å². The van der Waals surface area contributed by atoms with Gasteiger partial charge in [0.15, 0.2) is 6.61 Å². The van der Waals surface area contributed by atoms with E-state index in [1.165, 1.54) is 0 Å². The highest BCUT2D eigenvalue weighted by molar-refractivity contribution is 5.92. The Morgan fingerprint density at radius 3 is 2.79 bits per heavy atom. The fourth-order valence-electron chi connectivity index (χ4n) is 2.70. The minimum Gasteiger partial charge on any atom is -0.452 e. The largest absolute Gasteiger partial charge is 0.452 e. The summed E-state index contributed by atoms with van der Waals surface area (Å²) >= 11 is 0. The summed E-state index contributed by atoms with van der Waals surface area (Å²) < 4.78 is 7.18. The lowest BCUT2D eigenvalue weighted by molar-refractivity contribution is -0.124. The van der Waals surface area contributed by atoms with E-state index >= 15 is 0 Å². The highest BCUT2D eigenvalue weighted by Crippen LogP contribution is 2.39. The summed E-state index contributed by atoms with van der Waals surface area (Å²) in [5.41, 5.74) is 2.25. The molecule has 128 valence electrons. The molecule has 1 fully saturated rings. The molecule has 3 rings (SSSR count). The minimum atomic E-state index is -0.482. The lowest BCUT2D eigenvalue weighted by atomic mass is 10.2. The van der Waals surface area contributed by atoms with Crippen molar-refractivity contribution >= 4 is 17.4 Å². The number of fused-ring (bicyclic) bond motifs is 1. The van der Waals surface area contributed by atoms with Crippen molar-refractivity contribution in [1.82, 2.24) is 14.7 Å². The third-order valence-corrected chi connectivity index (χ3v) is 4.17. The summed E-state index contributed by atoms with van der Waals surface area (Å²) in [6.45, 7) is 6.21. The van der Waals surface area contributed by atoms with Gasteiger partial charge in [-0.25, -0.2) is 9.78 Å². The molecule has 24 heavy (non-hydrogen) atoms. The molecule has 0 unspecified atom stereocenters. The average Bonchev–Trinajstić information content (AvgIpc) is 3.30. The second-order valence-electron chi connectivity index (χ2n) is 6.76. The molecule has 6 heteroatoms. The molecular formula is C18H23N3O3. The van der Waals surface area contributed by atoms with Crippen molar-refractivity contribution in [2.24, 2.45) is 5.92 Å². The van der Waals surface area contributed by atoms with Crippen LogP contribution in [0.2, 0.25) is 0 Å². The summed E-state index contributed by atoms with van der Waals surface area (Å²) in [7, 11) is 0. The van der Waals surface area contributed by atoms with Crippen LogP contribution in [0.1, 0.15) is 54.5 Å². The van der Waals surface area contributed by atoms with Gasteiger partial charge in [0, 0.05) is 18.2 Å². The van der Waals surface area contributed by atoms with Gasteiger partial charge in [0.05, 0.1) is 17.3 Å². The van der Waals surface area contributed by atoms with Gasteiger partial charge in [-0.05, 0) is 37.8 Å². The Hall–Kier alpha value is -2.37. The molecule has 1 N–H and O–H groups in total. The molecule has 0 radical (unpaired) electrons. The van der Waals surface area contributed by atoms with Gasteiger partial charge in [0.2, 0.25) is 0 Å². The van der Waals surface area contributed by atoms with Crippen molar-refractivity contribution in [3.63, 3.8) is 0 Å². The van der Waals surface area contributed by atoms with Gasteiger partial charge in [0.1, 0.15) is 5.82 Å². The molecule has 0 atom stereocenters. The maximum Gasteiger partial charge on any atom is 0.340 e. The Balaban J connectivity index is 1.72. The van der Waals surface area contributed by atoms with Crippen LogP contribution in [0.15, 0.2) is 18.3 Å². The van der Waals surface area contributed by atoms with E-state index in [1.54, 1.807) is 6.07 Å². The van der Waals surface area contributed by atoms with Gasteiger partial charge < -0.3 is 10.1 Å². The van der Waals surface area contributed by atoms with Crippen molar-refractivity contribution in [2.45, 2.75) is 39.5 Å². The SMILES string of the molecule is Cc1c(C(=O)OCC(=O)NCC(C)C)ccc2cnc(C3CC3)n12. The van der Waals surface area contributed by atoms with Crippen molar-refractivity contribution in [1.29, 1.82) is 0 Å². The summed E-state index contributed by atoms with van der Waals surface area (Å²) in [5.74, 6) is 1.09. The first-order chi connectivity index (χ1) is 11.5. The van der Waals surface area contributed by atoms with Gasteiger partial charge in [0.25, 0.3) is 5.91 Å². The van der Waals surface area contributed by atoms with Crippen molar-refractivity contribution in [3.8, 4) is 0 Å². The first-order valence-electron chi connectivity index (χ1n) is 8.38. The van der Waals surface area contributed by atoms with Gasteiger partial charge in [-0.1, -0.05) is 13.8 Å². The number of pyridine rings is 1. The first kappa shape index (κ1) is 16.5. The predicted octanol–water partition coefficient (Wildman–Crippen LogP) is 2.45. The lowest BCUT2D eigenvalue weighted by Crippen LogP contribution is -2.31. The van der Waals surface area contributed by atoms with E-state index in [1.807, 2.05) is 37.4 Å². The van der Waals surface area contributed by atoms with E-state index < -0.39 is 5.97 Å². The van der Waals surface area contributed by atoms with Crippen LogP contribution in [0.4, 0.5) is 0 Å². The molecule has 0 aromatic carbocycles. The third kappa shape index (κ3) is 3.42. The fourth-order valence-corrected chi connectivity index (χ4v) is 2.70. The van der Waals surface area contributed by atoms with Gasteiger partial charge in [-0.3, -0.25) is 9.20 Å². The van der Waals surface area contributed by atoms with Crippen LogP contribution in [-0.4, -0.2) is 34.4 Å². The third-order valence-electron chi connectivity index (χ3n) is 4.17. The number of esters is 1. The Bertz CT molecular complexity index is 775. The van der Waals surface area contributed by atoms with Crippen LogP contribution in [0.5, 0.6) is 0 Å². The maximum atomic E-state index is 12.3. The number of amides is 1. The number of nitrogens with zero attached hydrogens (tertiary/aromatic N) is 2. The van der Waals surface area contributed by atoms with E-state index in [2.05, 4.69) is 10.3 Å². The zero-order valence-electron chi connectivity index (χ0n) is 14.3. The van der Waals surface area contributed by atoms with E-state index in [0.29, 0.717) is 23.9 Å². The standard InChI is InChI=1S/C18H23N3O3/c1-11(2)8-19-16(22)10-24-18(23)15-7-6-14-9-20-17(13-4-5-13)21(14)12(15)3/h6-7,9,11,13H,4-5,8,10H2,1-3H3,(H,19,22). The highest BCUT2D eigenvalue weighted by Gasteiger charge is 2.29. The summed E-state index contributed by atoms with van der Waals surface area (Å²) in [6.07, 6.45) is 4.11. The molecule has 1 amide bonds. The normalized spacial score (nSPS) is 14.2. The highest BCUT2D eigenvalue weighted by atomic mass is 16.5. The number of hydrogen-bond acceptors (Lipinski definition) is 4. The molecule has 0 spiro atoms. The van der Waals surface area contributed by atoms with Gasteiger partial charge >= 0.3 is 5.97 Å². The monoisotopic (exact) mass is 329 g/mol. The summed E-state index contributed by atoms with van der Waals surface area (Å²) in [5, 5.41) is 2.73. The van der Waals surface area contributed by atoms with Crippen LogP contribution < -0.4 is 5.32 Å². The average molecular weight is 329 g/mol. The molecule has 6 nitrogen and oxygen atoms in total. The summed E-state index contributed by atoms with van der Waals surface area (Å²) in [6, 6.07) is 3.60. The van der Waals surface area contributed by atoms with Crippen LogP contribution in [0.3, 0.4) is 0 Å². The molecule has 1 aliphatic rings. The zero-order valence-corrected chi connectivity index (χ0v) is 14.3. The molecule has 1 aliphatic carbocycles. The number of imidazole rings is 1. The first-order valence-corrected chi connectivity index (χ1v) is 8.38. The van der Waals surface area contributed by atoms with Crippen LogP contribution in [0.25, 0.3) is 5.52 Å². The number of carbonyl (C=O) groups is 2. The molecular weight excluding hydrogens is 306 g/mol. The summed E-state index contributed by atoms with van der Waals surface area (Å²) in [4.78, 5) is 28.5. The number of ether oxygens (including phenoxy) is 1. The molecule has 2 aromatic rings. The number of aryl methyl sites for hydroxylation is 1. The quantitative estimate of drug-likeness (QED) is 0.826. The number of aromatic nitrogens is 2. The molecule has 2 heterocycles.